The van der Waals surface area contributed by atoms with Crippen LogP contribution in [0.1, 0.15) is 19.3 Å². The smallest absolute Gasteiger partial charge is 0.326 e. The fourth-order valence-electron chi connectivity index (χ4n) is 1.64. The van der Waals surface area contributed by atoms with Gasteiger partial charge < -0.3 is 26.2 Å². The van der Waals surface area contributed by atoms with Crippen molar-refractivity contribution in [1.82, 2.24) is 16.0 Å². The van der Waals surface area contributed by atoms with Crippen LogP contribution in [0.15, 0.2) is 0 Å². The Hall–Kier alpha value is -2.32. The van der Waals surface area contributed by atoms with Crippen molar-refractivity contribution in [3.8, 4) is 0 Å². The van der Waals surface area contributed by atoms with Crippen molar-refractivity contribution in [1.29, 1.82) is 0 Å². The van der Waals surface area contributed by atoms with E-state index in [0.717, 1.165) is 0 Å². The molecule has 0 spiro atoms. The molecule has 0 aromatic carbocycles. The van der Waals surface area contributed by atoms with Crippen molar-refractivity contribution in [2.24, 2.45) is 0 Å². The zero-order valence-electron chi connectivity index (χ0n) is 10.0. The summed E-state index contributed by atoms with van der Waals surface area (Å²) in [5.41, 5.74) is 0. The van der Waals surface area contributed by atoms with Crippen LogP contribution >= 0.6 is 0 Å². The van der Waals surface area contributed by atoms with Gasteiger partial charge in [-0.2, -0.15) is 0 Å². The van der Waals surface area contributed by atoms with Gasteiger partial charge in [-0.3, -0.25) is 9.59 Å². The summed E-state index contributed by atoms with van der Waals surface area (Å²) < 4.78 is 0. The van der Waals surface area contributed by atoms with E-state index in [1.165, 1.54) is 0 Å². The van der Waals surface area contributed by atoms with E-state index in [2.05, 4.69) is 10.6 Å². The molecule has 3 amide bonds. The predicted molar refractivity (Wildman–Crippen MR) is 61.4 cm³/mol. The zero-order chi connectivity index (χ0) is 14.4. The minimum atomic E-state index is -1.54. The molecule has 1 aliphatic heterocycles. The van der Waals surface area contributed by atoms with Crippen LogP contribution in [0.3, 0.4) is 0 Å². The second-order valence-electron chi connectivity index (χ2n) is 4.09. The molecule has 1 fully saturated rings. The Labute approximate surface area is 108 Å². The monoisotopic (exact) mass is 273 g/mol. The first kappa shape index (κ1) is 14.7. The van der Waals surface area contributed by atoms with Crippen LogP contribution in [0, 0.1) is 0 Å². The summed E-state index contributed by atoms with van der Waals surface area (Å²) in [6.45, 7) is 0.537. The molecule has 2 atom stereocenters. The zero-order valence-corrected chi connectivity index (χ0v) is 10.0. The molecular formula is C10H15N3O6. The predicted octanol–water partition coefficient (Wildman–Crippen LogP) is -1.51. The van der Waals surface area contributed by atoms with Gasteiger partial charge in [0.1, 0.15) is 12.1 Å². The number of amides is 3. The molecular weight excluding hydrogens is 258 g/mol. The van der Waals surface area contributed by atoms with Crippen molar-refractivity contribution in [3.05, 3.63) is 0 Å². The fraction of sp³-hybridized carbons (Fsp3) is 0.600. The maximum absolute atomic E-state index is 11.5. The minimum absolute atomic E-state index is 0.341. The maximum Gasteiger partial charge on any atom is 0.326 e. The lowest BCUT2D eigenvalue weighted by atomic mass is 10.1. The third-order valence-corrected chi connectivity index (χ3v) is 2.57. The van der Waals surface area contributed by atoms with E-state index >= 15 is 0 Å². The van der Waals surface area contributed by atoms with Crippen LogP contribution in [-0.4, -0.2) is 52.7 Å². The number of carbonyl (C=O) groups excluding carboxylic acids is 2. The molecule has 1 rings (SSSR count). The van der Waals surface area contributed by atoms with Crippen LogP contribution in [-0.2, 0) is 14.4 Å². The molecule has 0 aromatic rings. The summed E-state index contributed by atoms with van der Waals surface area (Å²) in [4.78, 5) is 44.0. The van der Waals surface area contributed by atoms with Crippen molar-refractivity contribution in [3.63, 3.8) is 0 Å². The van der Waals surface area contributed by atoms with Crippen molar-refractivity contribution < 1.29 is 29.4 Å². The lowest BCUT2D eigenvalue weighted by Gasteiger charge is -2.23. The molecule has 1 saturated heterocycles. The van der Waals surface area contributed by atoms with E-state index in [-0.39, 0.29) is 5.91 Å². The molecule has 19 heavy (non-hydrogen) atoms. The molecule has 0 saturated carbocycles. The summed E-state index contributed by atoms with van der Waals surface area (Å²) in [7, 11) is 0. The van der Waals surface area contributed by atoms with E-state index in [9.17, 15) is 19.2 Å². The van der Waals surface area contributed by atoms with Gasteiger partial charge in [-0.25, -0.2) is 9.59 Å². The van der Waals surface area contributed by atoms with E-state index in [0.29, 0.717) is 19.4 Å². The van der Waals surface area contributed by atoms with Gasteiger partial charge in [-0.05, 0) is 12.8 Å². The first-order valence-electron chi connectivity index (χ1n) is 5.69. The van der Waals surface area contributed by atoms with E-state index in [1.807, 2.05) is 5.32 Å². The average molecular weight is 273 g/mol. The summed E-state index contributed by atoms with van der Waals surface area (Å²) in [6.07, 6.45) is 0.420. The minimum Gasteiger partial charge on any atom is -0.481 e. The molecule has 1 heterocycles. The number of aliphatic carboxylic acids is 2. The summed E-state index contributed by atoms with van der Waals surface area (Å²) >= 11 is 0. The Morgan fingerprint density at radius 3 is 2.58 bits per heavy atom. The molecule has 1 unspecified atom stereocenters. The highest BCUT2D eigenvalue weighted by molar-refractivity contribution is 5.90. The van der Waals surface area contributed by atoms with Crippen LogP contribution in [0.2, 0.25) is 0 Å². The standard InChI is InChI=1S/C10H15N3O6/c14-7(15)4-6(9(17)18)13-10(19)12-5-2-1-3-11-8(5)16/h5-6H,1-4H2,(H,11,16)(H,14,15)(H,17,18)(H2,12,13,19)/t5?,6-/m1/s1. The molecule has 0 bridgehead atoms. The molecule has 0 aromatic heterocycles. The fourth-order valence-corrected chi connectivity index (χ4v) is 1.64. The van der Waals surface area contributed by atoms with E-state index < -0.39 is 36.5 Å². The number of hydrogen-bond donors (Lipinski definition) is 5. The van der Waals surface area contributed by atoms with Crippen LogP contribution in [0.5, 0.6) is 0 Å². The molecule has 0 radical (unpaired) electrons. The highest BCUT2D eigenvalue weighted by atomic mass is 16.4. The first-order valence-corrected chi connectivity index (χ1v) is 5.69. The van der Waals surface area contributed by atoms with Gasteiger partial charge in [0.15, 0.2) is 0 Å². The van der Waals surface area contributed by atoms with Gasteiger partial charge in [0.25, 0.3) is 0 Å². The number of piperidine rings is 1. The Balaban J connectivity index is 2.50. The second-order valence-corrected chi connectivity index (χ2v) is 4.09. The van der Waals surface area contributed by atoms with Crippen molar-refractivity contribution >= 4 is 23.9 Å². The highest BCUT2D eigenvalue weighted by Gasteiger charge is 2.27. The van der Waals surface area contributed by atoms with Gasteiger partial charge in [0.2, 0.25) is 5.91 Å². The largest absolute Gasteiger partial charge is 0.481 e. The Bertz CT molecular complexity index is 397. The number of carboxylic acid groups (broad SMARTS) is 2. The van der Waals surface area contributed by atoms with Crippen LogP contribution < -0.4 is 16.0 Å². The average Bonchev–Trinajstić information content (AvgIpc) is 2.30. The third kappa shape index (κ3) is 4.82. The number of rotatable bonds is 5. The number of carbonyl (C=O) groups is 4. The molecule has 106 valence electrons. The topological polar surface area (TPSA) is 145 Å². The Morgan fingerprint density at radius 2 is 2.05 bits per heavy atom. The van der Waals surface area contributed by atoms with Gasteiger partial charge >= 0.3 is 18.0 Å². The molecule has 0 aliphatic carbocycles. The van der Waals surface area contributed by atoms with Crippen molar-refractivity contribution in [2.75, 3.05) is 6.54 Å². The second kappa shape index (κ2) is 6.57. The normalized spacial score (nSPS) is 20.0. The lowest BCUT2D eigenvalue weighted by Crippen LogP contribution is -2.55. The third-order valence-electron chi connectivity index (χ3n) is 2.57. The first-order chi connectivity index (χ1) is 8.90. The molecule has 9 nitrogen and oxygen atoms in total. The van der Waals surface area contributed by atoms with Crippen LogP contribution in [0.25, 0.3) is 0 Å². The van der Waals surface area contributed by atoms with Gasteiger partial charge in [0.05, 0.1) is 6.42 Å². The van der Waals surface area contributed by atoms with Crippen LogP contribution in [0.4, 0.5) is 4.79 Å². The quantitative estimate of drug-likeness (QED) is 0.412. The lowest BCUT2D eigenvalue weighted by molar-refractivity contribution is -0.145. The molecule has 9 heteroatoms. The van der Waals surface area contributed by atoms with E-state index in [1.54, 1.807) is 0 Å². The number of hydrogen-bond acceptors (Lipinski definition) is 4. The molecule has 1 aliphatic rings. The number of nitrogens with one attached hydrogen (secondary N) is 3. The Morgan fingerprint density at radius 1 is 1.37 bits per heavy atom. The number of urea groups is 1. The summed E-state index contributed by atoms with van der Waals surface area (Å²) in [5.74, 6) is -3.14. The van der Waals surface area contributed by atoms with E-state index in [4.69, 9.17) is 10.2 Å². The van der Waals surface area contributed by atoms with Crippen molar-refractivity contribution in [2.45, 2.75) is 31.3 Å². The van der Waals surface area contributed by atoms with Gasteiger partial charge in [0, 0.05) is 6.54 Å². The summed E-state index contributed by atoms with van der Waals surface area (Å²) in [5, 5.41) is 24.1. The van der Waals surface area contributed by atoms with Gasteiger partial charge in [-0.1, -0.05) is 0 Å². The SMILES string of the molecule is O=C(O)C[C@@H](NC(=O)NC1CCCNC1=O)C(=O)O. The highest BCUT2D eigenvalue weighted by Crippen LogP contribution is 2.02. The Kier molecular flexibility index (Phi) is 5.10. The molecule has 5 N–H and O–H groups in total. The van der Waals surface area contributed by atoms with Gasteiger partial charge in [-0.15, -0.1) is 0 Å². The summed E-state index contributed by atoms with van der Waals surface area (Å²) in [6, 6.07) is -3.15. The number of carboxylic acids is 2. The maximum atomic E-state index is 11.5.